The van der Waals surface area contributed by atoms with E-state index >= 15 is 0 Å². The van der Waals surface area contributed by atoms with Gasteiger partial charge in [-0.3, -0.25) is 13.9 Å². The Morgan fingerprint density at radius 1 is 0.925 bits per heavy atom. The van der Waals surface area contributed by atoms with E-state index < -0.39 is 28.5 Å². The maximum atomic E-state index is 14.0. The second-order valence-electron chi connectivity index (χ2n) is 10.1. The molecule has 40 heavy (non-hydrogen) atoms. The number of carbonyl (C=O) groups excluding carboxylic acids is 2. The predicted octanol–water partition coefficient (Wildman–Crippen LogP) is 5.79. The maximum Gasteiger partial charge on any atom is 0.264 e. The second-order valence-corrected chi connectivity index (χ2v) is 12.4. The fourth-order valence-corrected chi connectivity index (χ4v) is 5.98. The zero-order valence-electron chi connectivity index (χ0n) is 23.8. The molecule has 0 saturated heterocycles. The van der Waals surface area contributed by atoms with Crippen LogP contribution in [0.25, 0.3) is 0 Å². The first-order chi connectivity index (χ1) is 18.9. The quantitative estimate of drug-likeness (QED) is 0.273. The first kappa shape index (κ1) is 31.2. The van der Waals surface area contributed by atoms with E-state index in [1.165, 1.54) is 17.0 Å². The highest BCUT2D eigenvalue weighted by atomic mass is 35.5. The van der Waals surface area contributed by atoms with Gasteiger partial charge in [-0.15, -0.1) is 0 Å². The number of hydrogen-bond acceptors (Lipinski definition) is 4. The molecule has 0 aliphatic carbocycles. The standard InChI is InChI=1S/C31H38ClN3O4S/c1-6-7-16-33-31(37)25(5)34(20-26-10-8-9-11-29(26)32)30(36)21-35(27-18-23(3)17-24(4)19-27)40(38,39)28-14-12-22(2)13-15-28/h8-15,17-19,25H,6-7,16,20-21H2,1-5H3,(H,33,37)/t25-/m1/s1. The number of halogens is 1. The first-order valence-corrected chi connectivity index (χ1v) is 15.2. The number of rotatable bonds is 12. The summed E-state index contributed by atoms with van der Waals surface area (Å²) < 4.78 is 29.1. The molecule has 0 fully saturated rings. The number of anilines is 1. The van der Waals surface area contributed by atoms with Crippen molar-refractivity contribution in [1.29, 1.82) is 0 Å². The number of nitrogens with zero attached hydrogens (tertiary/aromatic N) is 2. The highest BCUT2D eigenvalue weighted by molar-refractivity contribution is 7.92. The summed E-state index contributed by atoms with van der Waals surface area (Å²) in [5.41, 5.74) is 3.68. The van der Waals surface area contributed by atoms with Gasteiger partial charge in [-0.05, 0) is 81.1 Å². The third-order valence-corrected chi connectivity index (χ3v) is 8.83. The van der Waals surface area contributed by atoms with Crippen LogP contribution < -0.4 is 9.62 Å². The maximum absolute atomic E-state index is 14.0. The lowest BCUT2D eigenvalue weighted by molar-refractivity contribution is -0.139. The molecule has 1 N–H and O–H groups in total. The normalized spacial score (nSPS) is 12.1. The smallest absolute Gasteiger partial charge is 0.264 e. The molecule has 0 aromatic heterocycles. The average molecular weight is 584 g/mol. The van der Waals surface area contributed by atoms with Gasteiger partial charge in [-0.25, -0.2) is 8.42 Å². The summed E-state index contributed by atoms with van der Waals surface area (Å²) >= 11 is 6.42. The Kier molecular flexibility index (Phi) is 10.8. The zero-order valence-corrected chi connectivity index (χ0v) is 25.3. The van der Waals surface area contributed by atoms with Crippen LogP contribution in [-0.4, -0.2) is 44.3 Å². The van der Waals surface area contributed by atoms with Crippen molar-refractivity contribution in [1.82, 2.24) is 10.2 Å². The van der Waals surface area contributed by atoms with Crippen LogP contribution in [0.3, 0.4) is 0 Å². The van der Waals surface area contributed by atoms with E-state index in [9.17, 15) is 18.0 Å². The van der Waals surface area contributed by atoms with Crippen molar-refractivity contribution in [3.05, 3.63) is 94.0 Å². The minimum atomic E-state index is -4.12. The van der Waals surface area contributed by atoms with Gasteiger partial charge in [-0.2, -0.15) is 0 Å². The lowest BCUT2D eigenvalue weighted by Crippen LogP contribution is -2.51. The average Bonchev–Trinajstić information content (AvgIpc) is 2.90. The Hall–Kier alpha value is -3.36. The molecular formula is C31H38ClN3O4S. The van der Waals surface area contributed by atoms with Crippen molar-refractivity contribution < 1.29 is 18.0 Å². The lowest BCUT2D eigenvalue weighted by Gasteiger charge is -2.32. The number of carbonyl (C=O) groups is 2. The van der Waals surface area contributed by atoms with Crippen molar-refractivity contribution >= 4 is 39.1 Å². The molecule has 0 heterocycles. The Bertz CT molecular complexity index is 1420. The van der Waals surface area contributed by atoms with Gasteiger partial charge in [0.25, 0.3) is 10.0 Å². The van der Waals surface area contributed by atoms with Gasteiger partial charge in [-0.1, -0.05) is 66.9 Å². The highest BCUT2D eigenvalue weighted by Gasteiger charge is 2.33. The molecule has 3 aromatic rings. The lowest BCUT2D eigenvalue weighted by atomic mass is 10.1. The van der Waals surface area contributed by atoms with Gasteiger partial charge in [0.05, 0.1) is 10.6 Å². The van der Waals surface area contributed by atoms with Crippen molar-refractivity contribution in [3.8, 4) is 0 Å². The van der Waals surface area contributed by atoms with Gasteiger partial charge < -0.3 is 10.2 Å². The number of benzene rings is 3. The summed E-state index contributed by atoms with van der Waals surface area (Å²) in [6, 6.07) is 18.2. The molecular weight excluding hydrogens is 546 g/mol. The molecule has 7 nitrogen and oxygen atoms in total. The summed E-state index contributed by atoms with van der Waals surface area (Å²) in [6.45, 7) is 9.35. The van der Waals surface area contributed by atoms with Gasteiger partial charge in [0.1, 0.15) is 12.6 Å². The highest BCUT2D eigenvalue weighted by Crippen LogP contribution is 2.27. The van der Waals surface area contributed by atoms with E-state index in [0.717, 1.165) is 33.8 Å². The summed E-state index contributed by atoms with van der Waals surface area (Å²) in [5.74, 6) is -0.832. The topological polar surface area (TPSA) is 86.8 Å². The van der Waals surface area contributed by atoms with Gasteiger partial charge in [0.2, 0.25) is 11.8 Å². The van der Waals surface area contributed by atoms with E-state index in [0.29, 0.717) is 22.8 Å². The Morgan fingerprint density at radius 3 is 2.15 bits per heavy atom. The van der Waals surface area contributed by atoms with Crippen LogP contribution in [0.2, 0.25) is 5.02 Å². The number of unbranched alkanes of at least 4 members (excludes halogenated alkanes) is 1. The minimum Gasteiger partial charge on any atom is -0.354 e. The van der Waals surface area contributed by atoms with Gasteiger partial charge in [0.15, 0.2) is 0 Å². The van der Waals surface area contributed by atoms with Crippen LogP contribution >= 0.6 is 11.6 Å². The van der Waals surface area contributed by atoms with Crippen LogP contribution in [0.5, 0.6) is 0 Å². The number of hydrogen-bond donors (Lipinski definition) is 1. The van der Waals surface area contributed by atoms with Crippen molar-refractivity contribution in [2.24, 2.45) is 0 Å². The SMILES string of the molecule is CCCCNC(=O)[C@@H](C)N(Cc1ccccc1Cl)C(=O)CN(c1cc(C)cc(C)c1)S(=O)(=O)c1ccc(C)cc1. The van der Waals surface area contributed by atoms with Crippen LogP contribution in [0, 0.1) is 20.8 Å². The van der Waals surface area contributed by atoms with E-state index in [4.69, 9.17) is 11.6 Å². The minimum absolute atomic E-state index is 0.0478. The molecule has 0 aliphatic rings. The first-order valence-electron chi connectivity index (χ1n) is 13.4. The fraction of sp³-hybridized carbons (Fsp3) is 0.355. The molecule has 0 aliphatic heterocycles. The summed E-state index contributed by atoms with van der Waals surface area (Å²) in [4.78, 5) is 28.6. The number of sulfonamides is 1. The van der Waals surface area contributed by atoms with Crippen LogP contribution in [0.4, 0.5) is 5.69 Å². The van der Waals surface area contributed by atoms with E-state index in [1.807, 2.05) is 33.8 Å². The number of nitrogens with one attached hydrogen (secondary N) is 1. The summed E-state index contributed by atoms with van der Waals surface area (Å²) in [5, 5.41) is 3.34. The van der Waals surface area contributed by atoms with Crippen LogP contribution in [0.15, 0.2) is 71.6 Å². The number of amides is 2. The molecule has 0 bridgehead atoms. The van der Waals surface area contributed by atoms with Crippen molar-refractivity contribution in [3.63, 3.8) is 0 Å². The zero-order chi connectivity index (χ0) is 29.4. The molecule has 9 heteroatoms. The predicted molar refractivity (Wildman–Crippen MR) is 161 cm³/mol. The molecule has 0 unspecified atom stereocenters. The Labute approximate surface area is 243 Å². The van der Waals surface area contributed by atoms with E-state index in [2.05, 4.69) is 5.32 Å². The van der Waals surface area contributed by atoms with Crippen molar-refractivity contribution in [2.45, 2.75) is 64.9 Å². The molecule has 0 spiro atoms. The monoisotopic (exact) mass is 583 g/mol. The molecule has 1 atom stereocenters. The fourth-order valence-electron chi connectivity index (χ4n) is 4.39. The number of aryl methyl sites for hydroxylation is 3. The van der Waals surface area contributed by atoms with E-state index in [1.54, 1.807) is 55.5 Å². The van der Waals surface area contributed by atoms with Crippen molar-refractivity contribution in [2.75, 3.05) is 17.4 Å². The molecule has 0 saturated carbocycles. The third kappa shape index (κ3) is 7.86. The van der Waals surface area contributed by atoms with Gasteiger partial charge in [0, 0.05) is 18.1 Å². The summed E-state index contributed by atoms with van der Waals surface area (Å²) in [6.07, 6.45) is 1.73. The van der Waals surface area contributed by atoms with E-state index in [-0.39, 0.29) is 17.3 Å². The molecule has 2 amide bonds. The van der Waals surface area contributed by atoms with Crippen LogP contribution in [0.1, 0.15) is 48.9 Å². The van der Waals surface area contributed by atoms with Crippen LogP contribution in [-0.2, 0) is 26.2 Å². The second kappa shape index (κ2) is 13.8. The third-order valence-electron chi connectivity index (χ3n) is 6.68. The summed E-state index contributed by atoms with van der Waals surface area (Å²) in [7, 11) is -4.12. The Morgan fingerprint density at radius 2 is 1.55 bits per heavy atom. The molecule has 214 valence electrons. The molecule has 0 radical (unpaired) electrons. The van der Waals surface area contributed by atoms with Gasteiger partial charge >= 0.3 is 0 Å². The molecule has 3 aromatic carbocycles. The Balaban J connectivity index is 2.04. The largest absolute Gasteiger partial charge is 0.354 e. The molecule has 3 rings (SSSR count).